The molecule has 15 heteroatoms. The molecule has 8 aliphatic rings. The maximum atomic E-state index is 5.91. The lowest BCUT2D eigenvalue weighted by Crippen LogP contribution is -2.17. The largest absolute Gasteiger partial charge is 0.387 e. The van der Waals surface area contributed by atoms with Crippen LogP contribution in [0, 0.1) is 11.8 Å². The van der Waals surface area contributed by atoms with Gasteiger partial charge in [-0.05, 0) is 251 Å². The van der Waals surface area contributed by atoms with Crippen LogP contribution in [0.4, 0.5) is 17.3 Å². The molecule has 0 radical (unpaired) electrons. The van der Waals surface area contributed by atoms with Crippen LogP contribution in [0.1, 0.15) is 284 Å². The summed E-state index contributed by atoms with van der Waals surface area (Å²) in [5.74, 6) is 8.41. The molecule has 0 bridgehead atoms. The molecule has 2 saturated carbocycles. The minimum Gasteiger partial charge on any atom is -0.387 e. The molecule has 11 heterocycles. The first-order valence-electron chi connectivity index (χ1n) is 42.9. The van der Waals surface area contributed by atoms with E-state index in [0.29, 0.717) is 97.5 Å². The van der Waals surface area contributed by atoms with Gasteiger partial charge in [0.1, 0.15) is 17.3 Å². The van der Waals surface area contributed by atoms with Gasteiger partial charge >= 0.3 is 0 Å². The summed E-state index contributed by atoms with van der Waals surface area (Å²) in [5, 5.41) is 6.05. The fraction of sp³-hybridized carbons (Fsp3) is 0.406. The van der Waals surface area contributed by atoms with Gasteiger partial charge in [0.15, 0.2) is 0 Å². The van der Waals surface area contributed by atoms with Crippen LogP contribution < -0.4 is 17.2 Å². The molecule has 0 saturated heterocycles. The number of nitrogens with two attached hydrogens (primary N) is 3. The number of aliphatic imine (C=N–C) groups is 2. The lowest BCUT2D eigenvalue weighted by Gasteiger charge is -2.16. The first kappa shape index (κ1) is 80.8. The first-order valence-corrected chi connectivity index (χ1v) is 42.9. The predicted octanol–water partition coefficient (Wildman–Crippen LogP) is 23.7. The summed E-state index contributed by atoms with van der Waals surface area (Å²) in [5.41, 5.74) is 48.5. The van der Waals surface area contributed by atoms with Crippen LogP contribution in [0.2, 0.25) is 0 Å². The molecular formula is C101H118N12O3. The van der Waals surface area contributed by atoms with E-state index in [1.54, 1.807) is 10.6 Å². The van der Waals surface area contributed by atoms with Crippen molar-refractivity contribution in [1.82, 2.24) is 34.3 Å². The number of nitrogen functional groups attached to an aromatic ring is 1. The van der Waals surface area contributed by atoms with Gasteiger partial charge < -0.3 is 31.4 Å². The summed E-state index contributed by atoms with van der Waals surface area (Å²) in [6, 6.07) is 55.3. The van der Waals surface area contributed by atoms with Gasteiger partial charge in [0.25, 0.3) is 0 Å². The van der Waals surface area contributed by atoms with Crippen molar-refractivity contribution >= 4 is 89.2 Å². The van der Waals surface area contributed by atoms with Crippen molar-refractivity contribution in [2.75, 3.05) is 18.9 Å². The van der Waals surface area contributed by atoms with E-state index in [9.17, 15) is 0 Å². The van der Waals surface area contributed by atoms with E-state index in [1.807, 2.05) is 6.20 Å². The zero-order valence-corrected chi connectivity index (χ0v) is 70.7. The summed E-state index contributed by atoms with van der Waals surface area (Å²) in [6.07, 6.45) is 15.5. The highest BCUT2D eigenvalue weighted by molar-refractivity contribution is 5.94. The van der Waals surface area contributed by atoms with Crippen LogP contribution in [0.3, 0.4) is 0 Å². The molecule has 7 aromatic carbocycles. The lowest BCUT2D eigenvalue weighted by atomic mass is 9.96. The smallest absolute Gasteiger partial charge is 0.206 e. The molecule has 2 fully saturated rings. The molecule has 0 spiro atoms. The zero-order chi connectivity index (χ0) is 81.2. The normalized spacial score (nSPS) is 17.8. The van der Waals surface area contributed by atoms with E-state index in [-0.39, 0.29) is 0 Å². The number of imidazole rings is 1. The third-order valence-electron chi connectivity index (χ3n) is 24.4. The molecule has 5 aliphatic heterocycles. The van der Waals surface area contributed by atoms with E-state index in [0.717, 1.165) is 112 Å². The van der Waals surface area contributed by atoms with Gasteiger partial charge in [-0.3, -0.25) is 19.4 Å². The second-order valence-electron chi connectivity index (χ2n) is 35.3. The number of rotatable bonds is 7. The van der Waals surface area contributed by atoms with Crippen molar-refractivity contribution in [2.24, 2.45) is 33.3 Å². The standard InChI is InChI=1S/C17H21N.C16H19NO.C15H17NO.C14H15NO.C13H14N4.2C13H16N2/c1-12(2)13-8-9-15-10-14-6-4-3-5-7-16(14)18-17(15)11-13;1-11(2)12-5-6-14-8-13-4-3-7-18-10-16(13)17-15(14)9-12;1-10(2)11-3-4-12-7-13-5-6-17-9-15(13)16-14(12)8-11;1-9(2)10-3-4-11-5-12-7-16-8-14(12)15-13(11)6-10;1-8(2)9-3-4-10-11(7-9)16-13(14)17-6-5-15-12(10)17;2*1-7(2)8-3-4-9-10-6-11(10)13(14)15-12(9)5-8/h8-12H,3-7H2,1-2H3;5-6,8-9,11H,3-4,7,10H2,1-2H3;3-4,7-8,10H,5-6,9H2,1-2H3;3-6,9H,7-8H2,1-2H3;3-8H,1-2H3,(H2,14,16);2*3-5,7,10-11H,6H2,1-2H3,(H2,14,15)/t;;;;;2*10-,11-/m.....10/s1. The SMILES string of the molecule is CC(C)c1ccc2c(c1)N=C(N)[C@@H]1C[C@H]21.CC(C)c1ccc2c(c1)N=C(N)[C@H]1C[C@@H]21.CC(C)c1ccc2c(c1)nc(N)n1ccnc21.CC(C)c1ccc2cc3c(nc2c1)CCCCC3.CC(C)c1ccc2cc3c(nc2c1)COC3.CC(C)c1ccc2cc3c(nc2c1)COCC3.CC(C)c1ccc2cc3c(nc2c1)COCCC3. The third kappa shape index (κ3) is 18.4. The summed E-state index contributed by atoms with van der Waals surface area (Å²) in [6.45, 7) is 35.3. The molecule has 15 nitrogen and oxygen atoms in total. The van der Waals surface area contributed by atoms with E-state index in [1.165, 1.54) is 144 Å². The molecule has 0 amide bonds. The maximum absolute atomic E-state index is 5.91. The van der Waals surface area contributed by atoms with Crippen LogP contribution in [0.25, 0.3) is 60.2 Å². The highest BCUT2D eigenvalue weighted by Crippen LogP contribution is 2.55. The Bertz CT molecular complexity index is 5640. The number of pyridine rings is 4. The molecule has 116 heavy (non-hydrogen) atoms. The molecule has 6 N–H and O–H groups in total. The number of nitrogens with zero attached hydrogens (tertiary/aromatic N) is 9. The minimum absolute atomic E-state index is 0.478. The third-order valence-corrected chi connectivity index (χ3v) is 24.4. The number of aromatic nitrogens is 7. The van der Waals surface area contributed by atoms with Gasteiger partial charge in [-0.15, -0.1) is 0 Å². The minimum atomic E-state index is 0.478. The Morgan fingerprint density at radius 3 is 1.20 bits per heavy atom. The second-order valence-corrected chi connectivity index (χ2v) is 35.3. The van der Waals surface area contributed by atoms with Gasteiger partial charge in [-0.25, -0.2) is 24.9 Å². The number of hydrogen-bond acceptors (Lipinski definition) is 14. The van der Waals surface area contributed by atoms with Crippen LogP contribution in [0.15, 0.2) is 174 Å². The van der Waals surface area contributed by atoms with Gasteiger partial charge in [0, 0.05) is 69.0 Å². The van der Waals surface area contributed by atoms with E-state index >= 15 is 0 Å². The Morgan fingerprint density at radius 2 is 0.716 bits per heavy atom. The maximum Gasteiger partial charge on any atom is 0.206 e. The summed E-state index contributed by atoms with van der Waals surface area (Å²) in [4.78, 5) is 36.9. The Labute approximate surface area is 685 Å². The van der Waals surface area contributed by atoms with E-state index in [4.69, 9.17) is 46.4 Å². The number of aryl methyl sites for hydroxylation is 3. The zero-order valence-electron chi connectivity index (χ0n) is 70.7. The van der Waals surface area contributed by atoms with Crippen LogP contribution in [-0.4, -0.2) is 59.2 Å². The molecule has 6 aromatic heterocycles. The van der Waals surface area contributed by atoms with E-state index < -0.39 is 0 Å². The van der Waals surface area contributed by atoms with Crippen molar-refractivity contribution in [3.63, 3.8) is 0 Å². The van der Waals surface area contributed by atoms with Crippen molar-refractivity contribution < 1.29 is 14.2 Å². The molecular weight excluding hydrogens is 1430 g/mol. The number of amidine groups is 2. The number of ether oxygens (including phenoxy) is 3. The van der Waals surface area contributed by atoms with Crippen LogP contribution >= 0.6 is 0 Å². The Morgan fingerprint density at radius 1 is 0.336 bits per heavy atom. The van der Waals surface area contributed by atoms with Crippen molar-refractivity contribution in [3.8, 4) is 0 Å². The van der Waals surface area contributed by atoms with Crippen molar-refractivity contribution in [3.05, 3.63) is 259 Å². The molecule has 21 rings (SSSR count). The summed E-state index contributed by atoms with van der Waals surface area (Å²) < 4.78 is 18.2. The molecule has 3 aliphatic carbocycles. The van der Waals surface area contributed by atoms with E-state index in [2.05, 4.69) is 274 Å². The Hall–Kier alpha value is -10.3. The van der Waals surface area contributed by atoms with Gasteiger partial charge in [-0.2, -0.15) is 0 Å². The predicted molar refractivity (Wildman–Crippen MR) is 479 cm³/mol. The molecule has 4 atom stereocenters. The number of benzene rings is 7. The molecule has 0 unspecified atom stereocenters. The Balaban J connectivity index is 0.000000106. The fourth-order valence-electron chi connectivity index (χ4n) is 16.7. The summed E-state index contributed by atoms with van der Waals surface area (Å²) in [7, 11) is 0. The Kier molecular flexibility index (Phi) is 24.6. The number of hydrogen-bond donors (Lipinski definition) is 3. The average molecular weight is 1550 g/mol. The monoisotopic (exact) mass is 1550 g/mol. The quantitative estimate of drug-likeness (QED) is 0.127. The van der Waals surface area contributed by atoms with Gasteiger partial charge in [0.05, 0.1) is 89.1 Å². The first-order chi connectivity index (χ1) is 55.9. The topological polar surface area (TPSA) is 212 Å². The highest BCUT2D eigenvalue weighted by atomic mass is 16.5. The second kappa shape index (κ2) is 35.2. The summed E-state index contributed by atoms with van der Waals surface area (Å²) >= 11 is 0. The van der Waals surface area contributed by atoms with Crippen molar-refractivity contribution in [2.45, 2.75) is 241 Å². The lowest BCUT2D eigenvalue weighted by molar-refractivity contribution is 0.108. The molecule has 600 valence electrons. The van der Waals surface area contributed by atoms with Crippen LogP contribution in [0.5, 0.6) is 0 Å². The van der Waals surface area contributed by atoms with Gasteiger partial charge in [0.2, 0.25) is 5.95 Å². The number of fused-ring (bicyclic) bond motifs is 17. The average Bonchev–Trinajstić information content (AvgIpc) is 1.60. The van der Waals surface area contributed by atoms with Crippen LogP contribution in [-0.2, 0) is 66.3 Å². The fourth-order valence-corrected chi connectivity index (χ4v) is 16.7. The number of anilines is 1. The molecule has 13 aromatic rings. The highest BCUT2D eigenvalue weighted by Gasteiger charge is 2.46. The van der Waals surface area contributed by atoms with Crippen molar-refractivity contribution in [1.29, 1.82) is 0 Å². The van der Waals surface area contributed by atoms with Gasteiger partial charge in [-0.1, -0.05) is 182 Å².